The average molecular weight is 134 g/mol. The van der Waals surface area contributed by atoms with Gasteiger partial charge in [0, 0.05) is 12.6 Å². The van der Waals surface area contributed by atoms with Crippen LogP contribution in [0.5, 0.6) is 0 Å². The molecule has 0 fully saturated rings. The van der Waals surface area contributed by atoms with Crippen LogP contribution in [0.1, 0.15) is 19.8 Å². The van der Waals surface area contributed by atoms with Gasteiger partial charge in [-0.25, -0.2) is 11.0 Å². The Hall–Kier alpha value is -0.160. The van der Waals surface area contributed by atoms with Crippen molar-refractivity contribution in [2.24, 2.45) is 0 Å². The summed E-state index contributed by atoms with van der Waals surface area (Å²) < 4.78 is 0. The van der Waals surface area contributed by atoms with Gasteiger partial charge < -0.3 is 10.4 Å². The topological polar surface area (TPSA) is 64.5 Å². The van der Waals surface area contributed by atoms with E-state index < -0.39 is 0 Å². The minimum Gasteiger partial charge on any atom is -0.317 e. The van der Waals surface area contributed by atoms with E-state index >= 15 is 0 Å². The van der Waals surface area contributed by atoms with Crippen LogP contribution in [0, 0.1) is 0 Å². The summed E-state index contributed by atoms with van der Waals surface area (Å²) in [6, 6.07) is 0.0876. The van der Waals surface area contributed by atoms with Crippen molar-refractivity contribution < 1.29 is 10.4 Å². The minimum absolute atomic E-state index is 0.0876. The molecule has 4 N–H and O–H groups in total. The summed E-state index contributed by atoms with van der Waals surface area (Å²) in [5.41, 5.74) is 4.15. The van der Waals surface area contributed by atoms with Crippen molar-refractivity contribution >= 4 is 0 Å². The molecule has 0 aromatic carbocycles. The molecule has 1 atom stereocenters. The van der Waals surface area contributed by atoms with Crippen molar-refractivity contribution in [3.05, 3.63) is 0 Å². The Bertz CT molecular complexity index is 56.9. The summed E-state index contributed by atoms with van der Waals surface area (Å²) in [6.07, 6.45) is 1.58. The second kappa shape index (κ2) is 5.97. The van der Waals surface area contributed by atoms with Gasteiger partial charge in [0.05, 0.1) is 0 Å². The first-order valence-electron chi connectivity index (χ1n) is 3.11. The smallest absolute Gasteiger partial charge is 0.0330 e. The Kier molecular flexibility index (Phi) is 5.86. The van der Waals surface area contributed by atoms with Gasteiger partial charge in [-0.05, 0) is 12.8 Å². The third-order valence-corrected chi connectivity index (χ3v) is 1.28. The molecular formula is C5H14N2O2. The summed E-state index contributed by atoms with van der Waals surface area (Å²) in [5.74, 6) is 0. The Balaban J connectivity index is 3.09. The predicted molar refractivity (Wildman–Crippen MR) is 33.4 cm³/mol. The van der Waals surface area contributed by atoms with E-state index in [4.69, 9.17) is 10.4 Å². The van der Waals surface area contributed by atoms with E-state index in [0.29, 0.717) is 6.54 Å². The zero-order valence-electron chi connectivity index (χ0n) is 5.59. The average Bonchev–Trinajstić information content (AvgIpc) is 1.91. The maximum absolute atomic E-state index is 8.39. The predicted octanol–water partition coefficient (Wildman–Crippen LogP) is 0.113. The molecular weight excluding hydrogens is 120 g/mol. The number of hydrogen-bond donors (Lipinski definition) is 4. The number of hydroxylamine groups is 2. The summed E-state index contributed by atoms with van der Waals surface area (Å²) in [5, 5.41) is 16.5. The maximum atomic E-state index is 8.39. The van der Waals surface area contributed by atoms with Gasteiger partial charge in [0.25, 0.3) is 0 Å². The molecule has 9 heavy (non-hydrogen) atoms. The van der Waals surface area contributed by atoms with Crippen LogP contribution in [0.3, 0.4) is 0 Å². The van der Waals surface area contributed by atoms with Gasteiger partial charge in [-0.15, -0.1) is 0 Å². The molecule has 0 amide bonds. The standard InChI is InChI=1S/C5H14N2O2/c1-2-5(7-9)3-4-6-8/h5-9H,2-4H2,1H3. The van der Waals surface area contributed by atoms with Gasteiger partial charge in [-0.2, -0.15) is 0 Å². The Morgan fingerprint density at radius 1 is 1.44 bits per heavy atom. The van der Waals surface area contributed by atoms with E-state index in [1.165, 1.54) is 0 Å². The lowest BCUT2D eigenvalue weighted by atomic mass is 10.2. The SMILES string of the molecule is CCC(CCNO)NO. The molecule has 0 aromatic heterocycles. The van der Waals surface area contributed by atoms with Crippen molar-refractivity contribution in [2.45, 2.75) is 25.8 Å². The summed E-state index contributed by atoms with van der Waals surface area (Å²) in [7, 11) is 0. The fourth-order valence-corrected chi connectivity index (χ4v) is 0.599. The monoisotopic (exact) mass is 134 g/mol. The quantitative estimate of drug-likeness (QED) is 0.403. The van der Waals surface area contributed by atoms with Crippen molar-refractivity contribution in [2.75, 3.05) is 6.54 Å². The molecule has 0 saturated heterocycles. The summed E-state index contributed by atoms with van der Waals surface area (Å²) in [4.78, 5) is 0. The van der Waals surface area contributed by atoms with Gasteiger partial charge in [-0.3, -0.25) is 0 Å². The molecule has 0 rings (SSSR count). The first-order chi connectivity index (χ1) is 4.35. The van der Waals surface area contributed by atoms with Crippen molar-refractivity contribution in [1.29, 1.82) is 0 Å². The van der Waals surface area contributed by atoms with Crippen LogP contribution in [0.2, 0.25) is 0 Å². The highest BCUT2D eigenvalue weighted by molar-refractivity contribution is 4.58. The molecule has 0 spiro atoms. The lowest BCUT2D eigenvalue weighted by Gasteiger charge is -2.10. The molecule has 0 heterocycles. The second-order valence-electron chi connectivity index (χ2n) is 1.93. The molecule has 4 nitrogen and oxygen atoms in total. The summed E-state index contributed by atoms with van der Waals surface area (Å²) >= 11 is 0. The molecule has 0 aromatic rings. The van der Waals surface area contributed by atoms with Crippen LogP contribution < -0.4 is 11.0 Å². The molecule has 56 valence electrons. The molecule has 4 heteroatoms. The van der Waals surface area contributed by atoms with Gasteiger partial charge in [0.15, 0.2) is 0 Å². The third-order valence-electron chi connectivity index (χ3n) is 1.28. The van der Waals surface area contributed by atoms with Crippen LogP contribution >= 0.6 is 0 Å². The zero-order chi connectivity index (χ0) is 7.11. The third kappa shape index (κ3) is 4.35. The van der Waals surface area contributed by atoms with Gasteiger partial charge in [0.2, 0.25) is 0 Å². The second-order valence-corrected chi connectivity index (χ2v) is 1.93. The highest BCUT2D eigenvalue weighted by atomic mass is 16.5. The first kappa shape index (κ1) is 8.84. The molecule has 0 bridgehead atoms. The molecule has 0 aliphatic rings. The van der Waals surface area contributed by atoms with E-state index in [9.17, 15) is 0 Å². The lowest BCUT2D eigenvalue weighted by molar-refractivity contribution is 0.105. The number of rotatable bonds is 5. The molecule has 0 aliphatic carbocycles. The van der Waals surface area contributed by atoms with E-state index in [1.807, 2.05) is 12.4 Å². The molecule has 0 aliphatic heterocycles. The van der Waals surface area contributed by atoms with Crippen LogP contribution in [0.25, 0.3) is 0 Å². The molecule has 1 unspecified atom stereocenters. The van der Waals surface area contributed by atoms with Crippen molar-refractivity contribution in [1.82, 2.24) is 11.0 Å². The van der Waals surface area contributed by atoms with E-state index in [2.05, 4.69) is 5.48 Å². The summed E-state index contributed by atoms with van der Waals surface area (Å²) in [6.45, 7) is 2.47. The normalized spacial score (nSPS) is 13.7. The maximum Gasteiger partial charge on any atom is 0.0330 e. The fraction of sp³-hybridized carbons (Fsp3) is 1.00. The molecule has 0 saturated carbocycles. The van der Waals surface area contributed by atoms with Crippen LogP contribution in [-0.4, -0.2) is 23.0 Å². The highest BCUT2D eigenvalue weighted by Crippen LogP contribution is 1.93. The minimum atomic E-state index is 0.0876. The lowest BCUT2D eigenvalue weighted by Crippen LogP contribution is -2.28. The van der Waals surface area contributed by atoms with Crippen molar-refractivity contribution in [3.63, 3.8) is 0 Å². The Labute approximate surface area is 54.8 Å². The van der Waals surface area contributed by atoms with E-state index in [1.54, 1.807) is 0 Å². The van der Waals surface area contributed by atoms with E-state index in [-0.39, 0.29) is 6.04 Å². The first-order valence-corrected chi connectivity index (χ1v) is 3.11. The fourth-order valence-electron chi connectivity index (χ4n) is 0.599. The highest BCUT2D eigenvalue weighted by Gasteiger charge is 2.00. The Morgan fingerprint density at radius 3 is 2.44 bits per heavy atom. The van der Waals surface area contributed by atoms with Gasteiger partial charge >= 0.3 is 0 Å². The van der Waals surface area contributed by atoms with Gasteiger partial charge in [-0.1, -0.05) is 6.92 Å². The van der Waals surface area contributed by atoms with Crippen LogP contribution in [0.15, 0.2) is 0 Å². The van der Waals surface area contributed by atoms with Crippen molar-refractivity contribution in [3.8, 4) is 0 Å². The van der Waals surface area contributed by atoms with Crippen LogP contribution in [0.4, 0.5) is 0 Å². The van der Waals surface area contributed by atoms with Gasteiger partial charge in [0.1, 0.15) is 0 Å². The number of hydrogen-bond acceptors (Lipinski definition) is 4. The largest absolute Gasteiger partial charge is 0.317 e. The number of nitrogens with one attached hydrogen (secondary N) is 2. The van der Waals surface area contributed by atoms with Crippen LogP contribution in [-0.2, 0) is 0 Å². The van der Waals surface area contributed by atoms with E-state index in [0.717, 1.165) is 12.8 Å². The molecule has 0 radical (unpaired) electrons. The Morgan fingerprint density at radius 2 is 2.11 bits per heavy atom. The zero-order valence-corrected chi connectivity index (χ0v) is 5.59.